The van der Waals surface area contributed by atoms with Crippen molar-refractivity contribution in [3.05, 3.63) is 34.8 Å². The zero-order chi connectivity index (χ0) is 11.8. The summed E-state index contributed by atoms with van der Waals surface area (Å²) in [6.07, 6.45) is -1.48. The van der Waals surface area contributed by atoms with Crippen LogP contribution in [0.25, 0.3) is 11.4 Å². The molecule has 0 unspecified atom stereocenters. The van der Waals surface area contributed by atoms with Crippen molar-refractivity contribution in [1.82, 2.24) is 15.0 Å². The third-order valence-electron chi connectivity index (χ3n) is 1.90. The van der Waals surface area contributed by atoms with Gasteiger partial charge in [-0.1, -0.05) is 0 Å². The highest BCUT2D eigenvalue weighted by Crippen LogP contribution is 2.34. The maximum atomic E-state index is 12.5. The van der Waals surface area contributed by atoms with Gasteiger partial charge in [-0.15, -0.1) is 0 Å². The van der Waals surface area contributed by atoms with Crippen LogP contribution in [0.3, 0.4) is 0 Å². The van der Waals surface area contributed by atoms with Crippen LogP contribution in [0.15, 0.2) is 29.1 Å². The van der Waals surface area contributed by atoms with Crippen LogP contribution in [-0.4, -0.2) is 15.0 Å². The minimum Gasteiger partial charge on any atom is -0.333 e. The monoisotopic (exact) mass is 291 g/mol. The molecule has 0 aliphatic rings. The quantitative estimate of drug-likeness (QED) is 0.876. The van der Waals surface area contributed by atoms with Gasteiger partial charge in [-0.05, 0) is 28.1 Å². The number of halogens is 4. The van der Waals surface area contributed by atoms with Gasteiger partial charge in [0.15, 0.2) is 5.69 Å². The smallest absolute Gasteiger partial charge is 0.333 e. The van der Waals surface area contributed by atoms with E-state index in [4.69, 9.17) is 0 Å². The summed E-state index contributed by atoms with van der Waals surface area (Å²) in [5.41, 5.74) is -0.342. The van der Waals surface area contributed by atoms with Gasteiger partial charge in [0, 0.05) is 18.0 Å². The summed E-state index contributed by atoms with van der Waals surface area (Å²) >= 11 is 2.77. The zero-order valence-electron chi connectivity index (χ0n) is 7.72. The number of aromatic nitrogens is 3. The van der Waals surface area contributed by atoms with Gasteiger partial charge in [-0.2, -0.15) is 13.2 Å². The van der Waals surface area contributed by atoms with E-state index < -0.39 is 11.9 Å². The number of H-pyrrole nitrogens is 1. The minimum atomic E-state index is -4.45. The third-order valence-corrected chi connectivity index (χ3v) is 2.47. The Morgan fingerprint density at radius 1 is 1.19 bits per heavy atom. The molecule has 84 valence electrons. The van der Waals surface area contributed by atoms with Crippen LogP contribution in [0.1, 0.15) is 5.69 Å². The highest BCUT2D eigenvalue weighted by Gasteiger charge is 2.36. The van der Waals surface area contributed by atoms with Crippen molar-refractivity contribution < 1.29 is 13.2 Å². The Hall–Kier alpha value is -1.37. The number of rotatable bonds is 1. The summed E-state index contributed by atoms with van der Waals surface area (Å²) < 4.78 is 37.1. The maximum Gasteiger partial charge on any atom is 0.433 e. The summed E-state index contributed by atoms with van der Waals surface area (Å²) in [6.45, 7) is 0. The highest BCUT2D eigenvalue weighted by atomic mass is 79.9. The molecule has 0 aliphatic carbocycles. The Labute approximate surface area is 96.9 Å². The van der Waals surface area contributed by atoms with E-state index in [1.54, 1.807) is 12.1 Å². The predicted octanol–water partition coefficient (Wildman–Crippen LogP) is 3.25. The molecule has 0 bridgehead atoms. The molecule has 3 nitrogen and oxygen atoms in total. The Balaban J connectivity index is 2.47. The lowest BCUT2D eigenvalue weighted by Gasteiger charge is -2.02. The fourth-order valence-corrected chi connectivity index (χ4v) is 1.69. The molecule has 0 saturated carbocycles. The molecule has 7 heteroatoms. The van der Waals surface area contributed by atoms with Gasteiger partial charge in [0.05, 0.1) is 0 Å². The predicted molar refractivity (Wildman–Crippen MR) is 54.5 cm³/mol. The normalized spacial score (nSPS) is 11.8. The molecule has 2 heterocycles. The lowest BCUT2D eigenvalue weighted by molar-refractivity contribution is -0.141. The van der Waals surface area contributed by atoms with E-state index in [0.29, 0.717) is 5.56 Å². The summed E-state index contributed by atoms with van der Waals surface area (Å²) in [4.78, 5) is 9.76. The second-order valence-corrected chi connectivity index (χ2v) is 3.74. The SMILES string of the molecule is FC(F)(F)c1[nH]c(-c2ccncc2)nc1Br. The highest BCUT2D eigenvalue weighted by molar-refractivity contribution is 9.10. The largest absolute Gasteiger partial charge is 0.433 e. The van der Waals surface area contributed by atoms with Crippen molar-refractivity contribution in [2.24, 2.45) is 0 Å². The average molecular weight is 292 g/mol. The molecule has 16 heavy (non-hydrogen) atoms. The molecule has 0 aliphatic heterocycles. The second-order valence-electron chi connectivity index (χ2n) is 2.98. The van der Waals surface area contributed by atoms with E-state index in [1.807, 2.05) is 0 Å². The molecule has 0 radical (unpaired) electrons. The van der Waals surface area contributed by atoms with Crippen molar-refractivity contribution in [2.45, 2.75) is 6.18 Å². The lowest BCUT2D eigenvalue weighted by atomic mass is 10.2. The Morgan fingerprint density at radius 3 is 2.31 bits per heavy atom. The summed E-state index contributed by atoms with van der Waals surface area (Å²) in [5, 5.41) is 0. The molecular formula is C9H5BrF3N3. The number of hydrogen-bond donors (Lipinski definition) is 1. The third kappa shape index (κ3) is 2.08. The van der Waals surface area contributed by atoms with Crippen molar-refractivity contribution >= 4 is 15.9 Å². The molecule has 2 rings (SSSR count). The van der Waals surface area contributed by atoms with Crippen molar-refractivity contribution in [3.8, 4) is 11.4 Å². The van der Waals surface area contributed by atoms with E-state index in [9.17, 15) is 13.2 Å². The number of pyridine rings is 1. The zero-order valence-corrected chi connectivity index (χ0v) is 9.30. The average Bonchev–Trinajstić information content (AvgIpc) is 2.61. The number of aromatic amines is 1. The molecule has 0 spiro atoms. The van der Waals surface area contributed by atoms with Crippen LogP contribution in [0, 0.1) is 0 Å². The number of hydrogen-bond acceptors (Lipinski definition) is 2. The number of nitrogens with zero attached hydrogens (tertiary/aromatic N) is 2. The van der Waals surface area contributed by atoms with E-state index in [0.717, 1.165) is 0 Å². The van der Waals surface area contributed by atoms with Gasteiger partial charge >= 0.3 is 6.18 Å². The fraction of sp³-hybridized carbons (Fsp3) is 0.111. The first-order chi connectivity index (χ1) is 7.48. The molecule has 1 N–H and O–H groups in total. The fourth-order valence-electron chi connectivity index (χ4n) is 1.19. The number of alkyl halides is 3. The van der Waals surface area contributed by atoms with Crippen LogP contribution >= 0.6 is 15.9 Å². The second kappa shape index (κ2) is 3.89. The summed E-state index contributed by atoms with van der Waals surface area (Å²) in [5.74, 6) is 0.154. The molecule has 0 atom stereocenters. The molecule has 0 fully saturated rings. The van der Waals surface area contributed by atoms with Crippen LogP contribution in [0.5, 0.6) is 0 Å². The van der Waals surface area contributed by atoms with Crippen molar-refractivity contribution in [1.29, 1.82) is 0 Å². The molecule has 0 aromatic carbocycles. The number of imidazole rings is 1. The van der Waals surface area contributed by atoms with Crippen LogP contribution < -0.4 is 0 Å². The molecule has 2 aromatic rings. The van der Waals surface area contributed by atoms with E-state index in [2.05, 4.69) is 30.9 Å². The van der Waals surface area contributed by atoms with Crippen LogP contribution in [-0.2, 0) is 6.18 Å². The Morgan fingerprint density at radius 2 is 1.81 bits per heavy atom. The van der Waals surface area contributed by atoms with Gasteiger partial charge in [0.2, 0.25) is 0 Å². The first-order valence-corrected chi connectivity index (χ1v) is 5.01. The van der Waals surface area contributed by atoms with E-state index >= 15 is 0 Å². The number of nitrogens with one attached hydrogen (secondary N) is 1. The van der Waals surface area contributed by atoms with Crippen LogP contribution in [0.2, 0.25) is 0 Å². The summed E-state index contributed by atoms with van der Waals surface area (Å²) in [6, 6.07) is 3.15. The Kier molecular flexibility index (Phi) is 2.71. The van der Waals surface area contributed by atoms with Gasteiger partial charge in [-0.25, -0.2) is 4.98 Å². The first kappa shape index (κ1) is 11.1. The van der Waals surface area contributed by atoms with Gasteiger partial charge < -0.3 is 4.98 Å². The Bertz CT molecular complexity index is 492. The van der Waals surface area contributed by atoms with Gasteiger partial charge in [-0.3, -0.25) is 4.98 Å². The van der Waals surface area contributed by atoms with E-state index in [1.165, 1.54) is 12.4 Å². The maximum absolute atomic E-state index is 12.5. The first-order valence-electron chi connectivity index (χ1n) is 4.21. The van der Waals surface area contributed by atoms with E-state index in [-0.39, 0.29) is 10.4 Å². The van der Waals surface area contributed by atoms with Gasteiger partial charge in [0.1, 0.15) is 10.4 Å². The topological polar surface area (TPSA) is 41.6 Å². The molecule has 0 amide bonds. The standard InChI is InChI=1S/C9H5BrF3N3/c10-7-6(9(11,12)13)15-8(16-7)5-1-3-14-4-2-5/h1-4H,(H,15,16). The lowest BCUT2D eigenvalue weighted by Crippen LogP contribution is -2.06. The molecule has 0 saturated heterocycles. The van der Waals surface area contributed by atoms with Crippen molar-refractivity contribution in [2.75, 3.05) is 0 Å². The van der Waals surface area contributed by atoms with Crippen LogP contribution in [0.4, 0.5) is 13.2 Å². The summed E-state index contributed by atoms with van der Waals surface area (Å²) in [7, 11) is 0. The molecule has 2 aromatic heterocycles. The molecular weight excluding hydrogens is 287 g/mol. The van der Waals surface area contributed by atoms with Crippen molar-refractivity contribution in [3.63, 3.8) is 0 Å². The minimum absolute atomic E-state index is 0.154. The van der Waals surface area contributed by atoms with Gasteiger partial charge in [0.25, 0.3) is 0 Å².